The summed E-state index contributed by atoms with van der Waals surface area (Å²) in [6.45, 7) is 1.77. The van der Waals surface area contributed by atoms with Gasteiger partial charge in [-0.1, -0.05) is 12.1 Å². The van der Waals surface area contributed by atoms with Gasteiger partial charge in [0.2, 0.25) is 0 Å². The summed E-state index contributed by atoms with van der Waals surface area (Å²) in [6, 6.07) is 9.25. The summed E-state index contributed by atoms with van der Waals surface area (Å²) in [5.41, 5.74) is 7.40. The van der Waals surface area contributed by atoms with E-state index >= 15 is 0 Å². The minimum absolute atomic E-state index is 0.163. The fourth-order valence-electron chi connectivity index (χ4n) is 1.73. The van der Waals surface area contributed by atoms with E-state index in [-0.39, 0.29) is 17.1 Å². The number of amides is 1. The Kier molecular flexibility index (Phi) is 3.29. The van der Waals surface area contributed by atoms with Gasteiger partial charge in [0, 0.05) is 11.4 Å². The lowest BCUT2D eigenvalue weighted by Crippen LogP contribution is -2.13. The van der Waals surface area contributed by atoms with Crippen molar-refractivity contribution in [2.75, 3.05) is 11.1 Å². The second-order valence-electron chi connectivity index (χ2n) is 4.15. The summed E-state index contributed by atoms with van der Waals surface area (Å²) in [5, 5.41) is 21.8. The van der Waals surface area contributed by atoms with E-state index in [1.165, 1.54) is 18.2 Å². The Labute approximate surface area is 110 Å². The van der Waals surface area contributed by atoms with Crippen molar-refractivity contribution in [2.24, 2.45) is 0 Å². The van der Waals surface area contributed by atoms with Crippen LogP contribution in [0.1, 0.15) is 15.9 Å². The van der Waals surface area contributed by atoms with Gasteiger partial charge in [0.05, 0.1) is 0 Å². The van der Waals surface area contributed by atoms with Crippen LogP contribution < -0.4 is 11.1 Å². The Bertz CT molecular complexity index is 618. The number of hydrogen-bond acceptors (Lipinski definition) is 4. The van der Waals surface area contributed by atoms with Gasteiger partial charge in [0.15, 0.2) is 0 Å². The Morgan fingerprint density at radius 3 is 2.32 bits per heavy atom. The Hall–Kier alpha value is -2.69. The van der Waals surface area contributed by atoms with Gasteiger partial charge in [-0.05, 0) is 36.8 Å². The van der Waals surface area contributed by atoms with Crippen LogP contribution in [0, 0.1) is 6.92 Å². The van der Waals surface area contributed by atoms with Gasteiger partial charge in [-0.25, -0.2) is 0 Å². The molecule has 0 heterocycles. The van der Waals surface area contributed by atoms with Gasteiger partial charge < -0.3 is 21.3 Å². The number of rotatable bonds is 2. The number of hydrogen-bond donors (Lipinski definition) is 4. The first kappa shape index (κ1) is 12.8. The molecule has 5 nitrogen and oxygen atoms in total. The van der Waals surface area contributed by atoms with E-state index in [0.717, 1.165) is 5.56 Å². The number of phenols is 2. The molecular weight excluding hydrogens is 244 g/mol. The highest BCUT2D eigenvalue weighted by Crippen LogP contribution is 2.28. The fraction of sp³-hybridized carbons (Fsp3) is 0.0714. The minimum Gasteiger partial charge on any atom is -0.507 e. The van der Waals surface area contributed by atoms with Crippen LogP contribution in [0.4, 0.5) is 11.4 Å². The number of anilines is 2. The number of nitrogen functional groups attached to an aromatic ring is 1. The summed E-state index contributed by atoms with van der Waals surface area (Å²) in [5.74, 6) is -1.15. The molecule has 2 aromatic carbocycles. The zero-order chi connectivity index (χ0) is 14.0. The molecule has 0 unspecified atom stereocenters. The zero-order valence-electron chi connectivity index (χ0n) is 10.3. The van der Waals surface area contributed by atoms with E-state index in [2.05, 4.69) is 5.32 Å². The van der Waals surface area contributed by atoms with Crippen LogP contribution in [0.25, 0.3) is 0 Å². The summed E-state index contributed by atoms with van der Waals surface area (Å²) >= 11 is 0. The highest BCUT2D eigenvalue weighted by atomic mass is 16.3. The number of aromatic hydroxyl groups is 2. The molecular formula is C14H14N2O3. The van der Waals surface area contributed by atoms with Crippen LogP contribution in [0.5, 0.6) is 11.5 Å². The molecule has 0 saturated carbocycles. The lowest BCUT2D eigenvalue weighted by molar-refractivity contribution is 0.102. The van der Waals surface area contributed by atoms with Crippen LogP contribution in [0.15, 0.2) is 36.4 Å². The normalized spacial score (nSPS) is 10.2. The molecule has 5 heteroatoms. The predicted octanol–water partition coefficient (Wildman–Crippen LogP) is 2.24. The van der Waals surface area contributed by atoms with Crippen LogP contribution >= 0.6 is 0 Å². The van der Waals surface area contributed by atoms with E-state index in [1.807, 2.05) is 0 Å². The molecule has 0 atom stereocenters. The molecule has 2 rings (SSSR count). The molecule has 0 fully saturated rings. The van der Waals surface area contributed by atoms with E-state index in [9.17, 15) is 15.0 Å². The summed E-state index contributed by atoms with van der Waals surface area (Å²) in [4.78, 5) is 12.0. The molecule has 5 N–H and O–H groups in total. The van der Waals surface area contributed by atoms with Crippen molar-refractivity contribution in [3.05, 3.63) is 47.5 Å². The molecule has 0 bridgehead atoms. The lowest BCUT2D eigenvalue weighted by Gasteiger charge is -2.11. The highest BCUT2D eigenvalue weighted by Gasteiger charge is 2.16. The maximum atomic E-state index is 12.0. The van der Waals surface area contributed by atoms with Crippen molar-refractivity contribution in [1.82, 2.24) is 0 Å². The van der Waals surface area contributed by atoms with Gasteiger partial charge in [-0.2, -0.15) is 0 Å². The van der Waals surface area contributed by atoms with E-state index in [1.54, 1.807) is 25.1 Å². The van der Waals surface area contributed by atoms with Crippen molar-refractivity contribution in [3.63, 3.8) is 0 Å². The monoisotopic (exact) mass is 258 g/mol. The molecule has 0 spiro atoms. The SMILES string of the molecule is Cc1c(N)cccc1NC(=O)c1c(O)cccc1O. The molecule has 0 aliphatic rings. The Morgan fingerprint density at radius 1 is 1.11 bits per heavy atom. The predicted molar refractivity (Wildman–Crippen MR) is 73.3 cm³/mol. The Morgan fingerprint density at radius 2 is 1.68 bits per heavy atom. The molecule has 2 aromatic rings. The van der Waals surface area contributed by atoms with Gasteiger partial charge in [-0.3, -0.25) is 4.79 Å². The summed E-state index contributed by atoms with van der Waals surface area (Å²) in [7, 11) is 0. The van der Waals surface area contributed by atoms with Crippen LogP contribution in [-0.2, 0) is 0 Å². The number of nitrogens with two attached hydrogens (primary N) is 1. The number of phenolic OH excluding ortho intramolecular Hbond substituents is 2. The standard InChI is InChI=1S/C14H14N2O3/c1-8-9(15)4-2-5-10(8)16-14(19)13-11(17)6-3-7-12(13)18/h2-7,17-18H,15H2,1H3,(H,16,19). The first-order chi connectivity index (χ1) is 9.00. The molecule has 0 aliphatic heterocycles. The molecule has 0 saturated heterocycles. The fourth-order valence-corrected chi connectivity index (χ4v) is 1.73. The summed E-state index contributed by atoms with van der Waals surface area (Å²) < 4.78 is 0. The quantitative estimate of drug-likeness (QED) is 0.621. The third-order valence-electron chi connectivity index (χ3n) is 2.87. The molecule has 0 aliphatic carbocycles. The van der Waals surface area contributed by atoms with Crippen molar-refractivity contribution in [3.8, 4) is 11.5 Å². The van der Waals surface area contributed by atoms with E-state index < -0.39 is 5.91 Å². The van der Waals surface area contributed by atoms with Crippen molar-refractivity contribution in [2.45, 2.75) is 6.92 Å². The second-order valence-corrected chi connectivity index (χ2v) is 4.15. The molecule has 98 valence electrons. The second kappa shape index (κ2) is 4.89. The maximum absolute atomic E-state index is 12.0. The molecule has 1 amide bonds. The number of carbonyl (C=O) groups is 1. The maximum Gasteiger partial charge on any atom is 0.263 e. The van der Waals surface area contributed by atoms with Gasteiger partial charge in [-0.15, -0.1) is 0 Å². The molecule has 19 heavy (non-hydrogen) atoms. The Balaban J connectivity index is 2.34. The van der Waals surface area contributed by atoms with Crippen LogP contribution in [-0.4, -0.2) is 16.1 Å². The smallest absolute Gasteiger partial charge is 0.263 e. The first-order valence-electron chi connectivity index (χ1n) is 5.68. The third kappa shape index (κ3) is 2.44. The van der Waals surface area contributed by atoms with Crippen LogP contribution in [0.2, 0.25) is 0 Å². The molecule has 0 aromatic heterocycles. The lowest BCUT2D eigenvalue weighted by atomic mass is 10.1. The number of benzene rings is 2. The largest absolute Gasteiger partial charge is 0.507 e. The molecule has 0 radical (unpaired) electrons. The topological polar surface area (TPSA) is 95.6 Å². The van der Waals surface area contributed by atoms with Crippen LogP contribution in [0.3, 0.4) is 0 Å². The first-order valence-corrected chi connectivity index (χ1v) is 5.68. The van der Waals surface area contributed by atoms with E-state index in [0.29, 0.717) is 11.4 Å². The van der Waals surface area contributed by atoms with Gasteiger partial charge in [0.25, 0.3) is 5.91 Å². The third-order valence-corrected chi connectivity index (χ3v) is 2.87. The summed E-state index contributed by atoms with van der Waals surface area (Å²) in [6.07, 6.45) is 0. The average molecular weight is 258 g/mol. The highest BCUT2D eigenvalue weighted by molar-refractivity contribution is 6.08. The van der Waals surface area contributed by atoms with Crippen molar-refractivity contribution < 1.29 is 15.0 Å². The minimum atomic E-state index is -0.593. The number of carbonyl (C=O) groups excluding carboxylic acids is 1. The van der Waals surface area contributed by atoms with Gasteiger partial charge >= 0.3 is 0 Å². The average Bonchev–Trinajstić information content (AvgIpc) is 2.35. The van der Waals surface area contributed by atoms with Crippen molar-refractivity contribution >= 4 is 17.3 Å². The zero-order valence-corrected chi connectivity index (χ0v) is 10.3. The van der Waals surface area contributed by atoms with Gasteiger partial charge in [0.1, 0.15) is 17.1 Å². The van der Waals surface area contributed by atoms with Crippen molar-refractivity contribution in [1.29, 1.82) is 0 Å². The number of nitrogens with one attached hydrogen (secondary N) is 1. The van der Waals surface area contributed by atoms with E-state index in [4.69, 9.17) is 5.73 Å².